The number of nitrogens with zero attached hydrogens (tertiary/aromatic N) is 3. The predicted octanol–water partition coefficient (Wildman–Crippen LogP) is 2.76. The number of carbonyl (C=O) groups excluding carboxylic acids is 2. The lowest BCUT2D eigenvalue weighted by Gasteiger charge is -2.14. The van der Waals surface area contributed by atoms with E-state index in [1.165, 1.54) is 31.3 Å². The molecule has 2 heterocycles. The fourth-order valence-electron chi connectivity index (χ4n) is 2.41. The Labute approximate surface area is 156 Å². The van der Waals surface area contributed by atoms with Gasteiger partial charge in [-0.05, 0) is 24.3 Å². The Bertz CT molecular complexity index is 1120. The number of nitrogen functional groups attached to an aromatic ring is 2. The number of nitrogens with two attached hydrogens (primary N) is 2. The number of amides is 2. The minimum Gasteiger partial charge on any atom is -0.410 e. The molecule has 4 aromatic rings. The summed E-state index contributed by atoms with van der Waals surface area (Å²) >= 11 is 0. The lowest BCUT2D eigenvalue weighted by molar-refractivity contribution is 0.140. The number of aromatic nitrogens is 2. The molecule has 28 heavy (non-hydrogen) atoms. The van der Waals surface area contributed by atoms with Crippen LogP contribution in [0.15, 0.2) is 45.4 Å². The molecule has 11 heteroatoms. The molecule has 0 saturated carbocycles. The van der Waals surface area contributed by atoms with Crippen LogP contribution in [-0.4, -0.2) is 34.4 Å². The molecule has 0 aliphatic rings. The maximum Gasteiger partial charge on any atom is 0.424 e. The summed E-state index contributed by atoms with van der Waals surface area (Å²) < 4.78 is 20.3. The van der Waals surface area contributed by atoms with Crippen LogP contribution in [0.3, 0.4) is 0 Å². The second-order valence-corrected chi connectivity index (χ2v) is 5.75. The third-order valence-corrected chi connectivity index (χ3v) is 3.90. The van der Waals surface area contributed by atoms with Crippen LogP contribution in [0.4, 0.5) is 21.2 Å². The first-order valence-corrected chi connectivity index (χ1v) is 7.89. The number of hydrogen-bond acceptors (Lipinski definition) is 10. The molecule has 0 bridgehead atoms. The van der Waals surface area contributed by atoms with Crippen molar-refractivity contribution in [2.75, 3.05) is 18.5 Å². The lowest BCUT2D eigenvalue weighted by Crippen LogP contribution is -2.37. The summed E-state index contributed by atoms with van der Waals surface area (Å²) in [4.78, 5) is 25.0. The van der Waals surface area contributed by atoms with E-state index in [1.54, 1.807) is 12.1 Å². The topological polar surface area (TPSA) is 160 Å². The van der Waals surface area contributed by atoms with Crippen LogP contribution in [0, 0.1) is 0 Å². The minimum absolute atomic E-state index is 0.145. The SMILES string of the molecule is CN(C(=O)Oc1ccc2c(N)noc2c1)C(=O)Oc1ccc2c(N)noc2c1. The molecule has 2 amide bonds. The fourth-order valence-corrected chi connectivity index (χ4v) is 2.41. The van der Waals surface area contributed by atoms with E-state index in [1.807, 2.05) is 0 Å². The standard InChI is InChI=1S/C17H13N5O6/c1-22(16(23)25-8-2-4-10-12(6-8)27-20-14(10)18)17(24)26-9-3-5-11-13(7-9)28-21-15(11)19/h2-7H,1H3,(H2,18,20)(H2,19,21). The molecule has 0 radical (unpaired) electrons. The summed E-state index contributed by atoms with van der Waals surface area (Å²) in [5, 5.41) is 8.37. The van der Waals surface area contributed by atoms with Crippen LogP contribution in [0.5, 0.6) is 11.5 Å². The molecule has 2 aromatic carbocycles. The van der Waals surface area contributed by atoms with Crippen LogP contribution >= 0.6 is 0 Å². The summed E-state index contributed by atoms with van der Waals surface area (Å²) in [5.74, 6) is 0.733. The van der Waals surface area contributed by atoms with Crippen molar-refractivity contribution < 1.29 is 28.1 Å². The third-order valence-electron chi connectivity index (χ3n) is 3.90. The van der Waals surface area contributed by atoms with E-state index >= 15 is 0 Å². The monoisotopic (exact) mass is 383 g/mol. The number of fused-ring (bicyclic) bond motifs is 2. The molecule has 4 N–H and O–H groups in total. The zero-order valence-electron chi connectivity index (χ0n) is 14.4. The van der Waals surface area contributed by atoms with Crippen molar-refractivity contribution in [3.63, 3.8) is 0 Å². The van der Waals surface area contributed by atoms with Crippen molar-refractivity contribution >= 4 is 45.8 Å². The molecule has 2 aromatic heterocycles. The molecule has 142 valence electrons. The van der Waals surface area contributed by atoms with Gasteiger partial charge in [-0.3, -0.25) is 0 Å². The second kappa shape index (κ2) is 6.46. The molecule has 0 atom stereocenters. The van der Waals surface area contributed by atoms with Crippen molar-refractivity contribution in [3.05, 3.63) is 36.4 Å². The smallest absolute Gasteiger partial charge is 0.410 e. The molecular formula is C17H13N5O6. The predicted molar refractivity (Wildman–Crippen MR) is 96.7 cm³/mol. The Morgan fingerprint density at radius 2 is 1.29 bits per heavy atom. The number of ether oxygens (including phenoxy) is 2. The van der Waals surface area contributed by atoms with Gasteiger partial charge in [0, 0.05) is 19.2 Å². The van der Waals surface area contributed by atoms with E-state index in [2.05, 4.69) is 10.3 Å². The Kier molecular flexibility index (Phi) is 3.96. The highest BCUT2D eigenvalue weighted by Crippen LogP contribution is 2.26. The molecule has 11 nitrogen and oxygen atoms in total. The Hall–Kier alpha value is -4.28. The summed E-state index contributed by atoms with van der Waals surface area (Å²) in [6.45, 7) is 0. The van der Waals surface area contributed by atoms with E-state index in [0.717, 1.165) is 0 Å². The number of benzene rings is 2. The van der Waals surface area contributed by atoms with Crippen LogP contribution in [0.2, 0.25) is 0 Å². The Balaban J connectivity index is 1.44. The van der Waals surface area contributed by atoms with Gasteiger partial charge in [0.25, 0.3) is 0 Å². The molecule has 0 aliphatic heterocycles. The number of anilines is 2. The Morgan fingerprint density at radius 3 is 1.71 bits per heavy atom. The van der Waals surface area contributed by atoms with E-state index in [0.29, 0.717) is 26.8 Å². The molecule has 4 rings (SSSR count). The first-order valence-electron chi connectivity index (χ1n) is 7.89. The average Bonchev–Trinajstić information content (AvgIpc) is 3.23. The summed E-state index contributed by atoms with van der Waals surface area (Å²) in [5.41, 5.74) is 11.9. The quantitative estimate of drug-likeness (QED) is 0.526. The van der Waals surface area contributed by atoms with Gasteiger partial charge in [0.1, 0.15) is 11.5 Å². The van der Waals surface area contributed by atoms with E-state index < -0.39 is 12.2 Å². The van der Waals surface area contributed by atoms with E-state index in [-0.39, 0.29) is 23.1 Å². The molecule has 0 aliphatic carbocycles. The van der Waals surface area contributed by atoms with Crippen molar-refractivity contribution in [2.45, 2.75) is 0 Å². The number of carbonyl (C=O) groups is 2. The van der Waals surface area contributed by atoms with Crippen LogP contribution < -0.4 is 20.9 Å². The number of imide groups is 1. The molecule has 0 fully saturated rings. The fraction of sp³-hybridized carbons (Fsp3) is 0.0588. The van der Waals surface area contributed by atoms with E-state index in [9.17, 15) is 9.59 Å². The maximum absolute atomic E-state index is 12.2. The average molecular weight is 383 g/mol. The van der Waals surface area contributed by atoms with Gasteiger partial charge in [-0.1, -0.05) is 10.3 Å². The van der Waals surface area contributed by atoms with Gasteiger partial charge in [0.05, 0.1) is 10.8 Å². The zero-order valence-corrected chi connectivity index (χ0v) is 14.4. The minimum atomic E-state index is -0.957. The number of hydrogen-bond donors (Lipinski definition) is 2. The number of rotatable bonds is 2. The first-order chi connectivity index (χ1) is 13.4. The van der Waals surface area contributed by atoms with Crippen molar-refractivity contribution in [3.8, 4) is 11.5 Å². The largest absolute Gasteiger partial charge is 0.424 e. The summed E-state index contributed by atoms with van der Waals surface area (Å²) in [6, 6.07) is 9.02. The van der Waals surface area contributed by atoms with Gasteiger partial charge in [-0.25, -0.2) is 14.5 Å². The second-order valence-electron chi connectivity index (χ2n) is 5.75. The van der Waals surface area contributed by atoms with Gasteiger partial charge in [0.2, 0.25) is 0 Å². The van der Waals surface area contributed by atoms with Gasteiger partial charge in [-0.2, -0.15) is 0 Å². The van der Waals surface area contributed by atoms with Gasteiger partial charge < -0.3 is 30.0 Å². The first kappa shape index (κ1) is 17.1. The highest BCUT2D eigenvalue weighted by Gasteiger charge is 2.22. The molecule has 0 spiro atoms. The van der Waals surface area contributed by atoms with Crippen molar-refractivity contribution in [1.82, 2.24) is 15.2 Å². The normalized spacial score (nSPS) is 10.9. The van der Waals surface area contributed by atoms with Gasteiger partial charge in [0.15, 0.2) is 22.8 Å². The van der Waals surface area contributed by atoms with E-state index in [4.69, 9.17) is 30.0 Å². The Morgan fingerprint density at radius 1 is 0.857 bits per heavy atom. The van der Waals surface area contributed by atoms with Crippen LogP contribution in [-0.2, 0) is 0 Å². The maximum atomic E-state index is 12.2. The molecule has 0 unspecified atom stereocenters. The van der Waals surface area contributed by atoms with Gasteiger partial charge >= 0.3 is 12.2 Å². The highest BCUT2D eigenvalue weighted by atomic mass is 16.6. The van der Waals surface area contributed by atoms with Gasteiger partial charge in [-0.15, -0.1) is 0 Å². The van der Waals surface area contributed by atoms with Crippen LogP contribution in [0.25, 0.3) is 21.9 Å². The summed E-state index contributed by atoms with van der Waals surface area (Å²) in [7, 11) is 1.21. The lowest BCUT2D eigenvalue weighted by atomic mass is 10.2. The molecule has 0 saturated heterocycles. The zero-order chi connectivity index (χ0) is 19.8. The van der Waals surface area contributed by atoms with Crippen molar-refractivity contribution in [2.24, 2.45) is 0 Å². The van der Waals surface area contributed by atoms with Crippen molar-refractivity contribution in [1.29, 1.82) is 0 Å². The summed E-state index contributed by atoms with van der Waals surface area (Å²) in [6.07, 6.45) is -1.91. The highest BCUT2D eigenvalue weighted by molar-refractivity contribution is 5.92. The molecular weight excluding hydrogens is 370 g/mol. The third kappa shape index (κ3) is 3.00. The van der Waals surface area contributed by atoms with Crippen LogP contribution in [0.1, 0.15) is 0 Å².